The smallest absolute Gasteiger partial charge is 0.416 e. The van der Waals surface area contributed by atoms with Crippen molar-refractivity contribution >= 4 is 16.1 Å². The number of benzene rings is 3. The first-order valence-electron chi connectivity index (χ1n) is 15.9. The van der Waals surface area contributed by atoms with Gasteiger partial charge in [0.15, 0.2) is 12.4 Å². The molecule has 6 aromatic rings. The van der Waals surface area contributed by atoms with Crippen LogP contribution in [-0.2, 0) is 23.3 Å². The van der Waals surface area contributed by atoms with E-state index in [1.807, 2.05) is 49.1 Å². The summed E-state index contributed by atoms with van der Waals surface area (Å²) in [4.78, 5) is 27.4. The highest BCUT2D eigenvalue weighted by molar-refractivity contribution is 7.85. The van der Waals surface area contributed by atoms with Crippen LogP contribution >= 0.6 is 0 Å². The molecule has 1 unspecified atom stereocenters. The molecule has 3 aromatic carbocycles. The number of imidazole rings is 1. The van der Waals surface area contributed by atoms with Gasteiger partial charge in [-0.05, 0) is 79.1 Å². The number of aryl methyl sites for hydroxylation is 1. The highest BCUT2D eigenvalue weighted by Gasteiger charge is 2.32. The monoisotopic (exact) mass is 743 g/mol. The Morgan fingerprint density at radius 1 is 0.981 bits per heavy atom. The molecule has 6 rings (SSSR count). The summed E-state index contributed by atoms with van der Waals surface area (Å²) in [5.74, 6) is -0.0971. The zero-order valence-electron chi connectivity index (χ0n) is 28.5. The van der Waals surface area contributed by atoms with Crippen molar-refractivity contribution in [2.45, 2.75) is 30.8 Å². The van der Waals surface area contributed by atoms with Gasteiger partial charge in [0.1, 0.15) is 22.9 Å². The van der Waals surface area contributed by atoms with Gasteiger partial charge in [-0.1, -0.05) is 31.2 Å². The maximum Gasteiger partial charge on any atom is 0.416 e. The van der Waals surface area contributed by atoms with Gasteiger partial charge in [-0.25, -0.2) is 31.8 Å². The number of nitrogens with zero attached hydrogens (tertiary/aromatic N) is 6. The van der Waals surface area contributed by atoms with Crippen LogP contribution < -0.4 is 15.6 Å². The third-order valence-electron chi connectivity index (χ3n) is 8.21. The molecule has 272 valence electrons. The Labute approximate surface area is 302 Å². The van der Waals surface area contributed by atoms with E-state index in [-0.39, 0.29) is 34.4 Å². The van der Waals surface area contributed by atoms with Gasteiger partial charge >= 0.3 is 17.9 Å². The second kappa shape index (κ2) is 15.5. The maximum atomic E-state index is 13.9. The van der Waals surface area contributed by atoms with Gasteiger partial charge in [-0.3, -0.25) is 4.57 Å². The van der Waals surface area contributed by atoms with Gasteiger partial charge in [0.25, 0.3) is 0 Å². The van der Waals surface area contributed by atoms with Crippen molar-refractivity contribution in [1.29, 1.82) is 5.26 Å². The Kier molecular flexibility index (Phi) is 11.1. The molecule has 16 heteroatoms. The van der Waals surface area contributed by atoms with E-state index in [1.54, 1.807) is 43.3 Å². The highest BCUT2D eigenvalue weighted by Crippen LogP contribution is 2.32. The van der Waals surface area contributed by atoms with E-state index in [0.717, 1.165) is 26.8 Å². The molecular formula is C37H32F3N7O5S. The number of nitrogens with one attached hydrogen (secondary N) is 1. The van der Waals surface area contributed by atoms with Crippen LogP contribution in [0, 0.1) is 18.3 Å². The Morgan fingerprint density at radius 2 is 1.64 bits per heavy atom. The molecule has 0 bridgehead atoms. The van der Waals surface area contributed by atoms with Crippen LogP contribution in [0.2, 0.25) is 0 Å². The molecule has 0 radical (unpaired) electrons. The number of carbonyl (C=O) groups excluding carboxylic acids is 1. The van der Waals surface area contributed by atoms with Crippen LogP contribution in [-0.4, -0.2) is 44.5 Å². The highest BCUT2D eigenvalue weighted by atomic mass is 32.2. The van der Waals surface area contributed by atoms with Gasteiger partial charge in [0.2, 0.25) is 0 Å². The molecule has 0 saturated carbocycles. The predicted molar refractivity (Wildman–Crippen MR) is 186 cm³/mol. The molecular weight excluding hydrogens is 712 g/mol. The van der Waals surface area contributed by atoms with E-state index in [4.69, 9.17) is 0 Å². The first-order chi connectivity index (χ1) is 25.1. The summed E-state index contributed by atoms with van der Waals surface area (Å²) in [5.41, 5.74) is 0.891. The molecule has 1 N–H and O–H groups in total. The van der Waals surface area contributed by atoms with Gasteiger partial charge < -0.3 is 9.87 Å². The van der Waals surface area contributed by atoms with Crippen molar-refractivity contribution in [2.75, 3.05) is 6.54 Å². The number of halogens is 3. The molecule has 1 amide bonds. The minimum absolute atomic E-state index is 0.0416. The molecule has 1 atom stereocenters. The Bertz CT molecular complexity index is 2450. The number of pyridine rings is 1. The number of nitriles is 1. The van der Waals surface area contributed by atoms with Gasteiger partial charge in [0, 0.05) is 18.7 Å². The Balaban J connectivity index is 0.000000469. The van der Waals surface area contributed by atoms with Crippen LogP contribution in [0.5, 0.6) is 0 Å². The summed E-state index contributed by atoms with van der Waals surface area (Å²) in [7, 11) is -2.36. The quantitative estimate of drug-likeness (QED) is 0.168. The number of alkyl halides is 3. The summed E-state index contributed by atoms with van der Waals surface area (Å²) < 4.78 is 76.9. The second-order valence-electron chi connectivity index (χ2n) is 11.9. The number of hydrogen-bond donors (Lipinski definition) is 1. The van der Waals surface area contributed by atoms with Crippen LogP contribution in [0.3, 0.4) is 0 Å². The number of aromatic nitrogens is 5. The Hall–Kier alpha value is -6.31. The van der Waals surface area contributed by atoms with Crippen molar-refractivity contribution in [1.82, 2.24) is 24.2 Å². The van der Waals surface area contributed by atoms with Crippen molar-refractivity contribution in [3.8, 4) is 28.8 Å². The summed E-state index contributed by atoms with van der Waals surface area (Å²) in [6.07, 6.45) is 0.631. The average Bonchev–Trinajstić information content (AvgIpc) is 3.72. The third-order valence-corrected chi connectivity index (χ3v) is 9.06. The van der Waals surface area contributed by atoms with Crippen molar-refractivity contribution in [2.24, 2.45) is 7.05 Å². The fourth-order valence-corrected chi connectivity index (χ4v) is 5.94. The van der Waals surface area contributed by atoms with Crippen LogP contribution in [0.25, 0.3) is 22.8 Å². The molecule has 0 fully saturated rings. The van der Waals surface area contributed by atoms with Gasteiger partial charge in [-0.2, -0.15) is 23.5 Å². The van der Waals surface area contributed by atoms with E-state index in [0.29, 0.717) is 16.9 Å². The fraction of sp³-hybridized carbons (Fsp3) is 0.162. The second-order valence-corrected chi connectivity index (χ2v) is 13.3. The van der Waals surface area contributed by atoms with E-state index in [9.17, 15) is 41.0 Å². The SMILES string of the molecule is Cc1c(-c2ccnn2-c2ccc(C#N)cc2)n(C(=O)NCC(C)c2cc[n+](C)cc2)c(=O)n1-c1cccc(C(F)(F)F)c1.O=S(=O)([O-])c1ccccc1. The molecule has 0 aliphatic rings. The number of carbonyl (C=O) groups is 1. The molecule has 12 nitrogen and oxygen atoms in total. The summed E-state index contributed by atoms with van der Waals surface area (Å²) >= 11 is 0. The van der Waals surface area contributed by atoms with E-state index >= 15 is 0 Å². The molecule has 0 saturated heterocycles. The molecule has 0 spiro atoms. The van der Waals surface area contributed by atoms with E-state index in [2.05, 4.69) is 10.4 Å². The van der Waals surface area contributed by atoms with Crippen molar-refractivity contribution in [3.05, 3.63) is 149 Å². The van der Waals surface area contributed by atoms with E-state index in [1.165, 1.54) is 47.3 Å². The molecule has 0 aliphatic heterocycles. The third kappa shape index (κ3) is 8.60. The number of hydrogen-bond acceptors (Lipinski definition) is 7. The zero-order chi connectivity index (χ0) is 38.5. The average molecular weight is 744 g/mol. The molecule has 3 heterocycles. The summed E-state index contributed by atoms with van der Waals surface area (Å²) in [6, 6.07) is 24.9. The lowest BCUT2D eigenvalue weighted by atomic mass is 10.0. The normalized spacial score (nSPS) is 12.0. The lowest BCUT2D eigenvalue weighted by Gasteiger charge is -2.14. The summed E-state index contributed by atoms with van der Waals surface area (Å²) in [6.45, 7) is 3.68. The van der Waals surface area contributed by atoms with Gasteiger partial charge in [-0.15, -0.1) is 0 Å². The van der Waals surface area contributed by atoms with Crippen LogP contribution in [0.4, 0.5) is 18.0 Å². The van der Waals surface area contributed by atoms with Crippen molar-refractivity contribution in [3.63, 3.8) is 0 Å². The van der Waals surface area contributed by atoms with Crippen molar-refractivity contribution < 1.29 is 35.5 Å². The standard InChI is InChI=1S/C31H26F3N7O2.C6H6O3S/c1-20(23-12-15-38(3)16-13-23)19-36-29(42)40-28(27-11-14-37-41(27)25-9-7-22(18-35)8-10-25)21(2)39(30(40)43)26-6-4-5-24(17-26)31(32,33)34;7-10(8,9)6-4-2-1-3-5-6/h4-17,20H,19H2,1-3H3;1-5H,(H,7,8,9). The molecule has 0 aliphatic carbocycles. The number of amides is 1. The zero-order valence-corrected chi connectivity index (χ0v) is 29.3. The maximum absolute atomic E-state index is 13.9. The fourth-order valence-electron chi connectivity index (χ4n) is 5.45. The minimum Gasteiger partial charge on any atom is -0.744 e. The lowest BCUT2D eigenvalue weighted by Crippen LogP contribution is -2.39. The Morgan fingerprint density at radius 3 is 2.23 bits per heavy atom. The van der Waals surface area contributed by atoms with E-state index < -0.39 is 33.6 Å². The topological polar surface area (TPSA) is 159 Å². The first-order valence-corrected chi connectivity index (χ1v) is 17.3. The number of rotatable bonds is 7. The predicted octanol–water partition coefficient (Wildman–Crippen LogP) is 5.47. The lowest BCUT2D eigenvalue weighted by molar-refractivity contribution is -0.671. The van der Waals surface area contributed by atoms with Crippen LogP contribution in [0.1, 0.15) is 35.2 Å². The minimum atomic E-state index is -4.63. The largest absolute Gasteiger partial charge is 0.744 e. The first kappa shape index (κ1) is 37.9. The molecule has 3 aromatic heterocycles. The van der Waals surface area contributed by atoms with Gasteiger partial charge in [0.05, 0.1) is 51.1 Å². The molecule has 53 heavy (non-hydrogen) atoms. The van der Waals surface area contributed by atoms with Crippen LogP contribution in [0.15, 0.2) is 125 Å². The summed E-state index contributed by atoms with van der Waals surface area (Å²) in [5, 5.41) is 16.4.